The first-order chi connectivity index (χ1) is 38.5. The second-order valence-electron chi connectivity index (χ2n) is 29.5. The van der Waals surface area contributed by atoms with Gasteiger partial charge in [-0.3, -0.25) is 0 Å². The molecule has 424 valence electrons. The summed E-state index contributed by atoms with van der Waals surface area (Å²) < 4.78 is 9.88. The van der Waals surface area contributed by atoms with Crippen LogP contribution in [0.4, 0.5) is 5.69 Å². The van der Waals surface area contributed by atoms with Crippen molar-refractivity contribution in [1.82, 2.24) is 9.55 Å². The number of ether oxygens (including phenoxy) is 1. The molecule has 1 spiro atoms. The molecule has 5 nitrogen and oxygen atoms in total. The number of rotatable bonds is 2. The van der Waals surface area contributed by atoms with Crippen LogP contribution < -0.4 is 9.64 Å². The van der Waals surface area contributed by atoms with Crippen LogP contribution in [0, 0.1) is 46.8 Å². The second kappa shape index (κ2) is 18.0. The van der Waals surface area contributed by atoms with Crippen molar-refractivity contribution < 1.29 is 25.8 Å². The van der Waals surface area contributed by atoms with Crippen molar-refractivity contribution in [3.05, 3.63) is 204 Å². The van der Waals surface area contributed by atoms with Gasteiger partial charge in [-0.1, -0.05) is 193 Å². The van der Waals surface area contributed by atoms with Gasteiger partial charge in [0.15, 0.2) is 0 Å². The van der Waals surface area contributed by atoms with Gasteiger partial charge in [-0.25, -0.2) is 4.98 Å². The minimum atomic E-state index is -0.697. The van der Waals surface area contributed by atoms with Gasteiger partial charge < -0.3 is 19.2 Å². The Morgan fingerprint density at radius 1 is 0.627 bits per heavy atom. The summed E-state index contributed by atoms with van der Waals surface area (Å²) in [6.45, 7) is 44.5. The maximum absolute atomic E-state index is 7.50. The summed E-state index contributed by atoms with van der Waals surface area (Å²) in [6, 6.07) is 46.5. The predicted octanol–water partition coefficient (Wildman–Crippen LogP) is 19.5. The SMILES string of the molecule is Cc1cc(C)c2c(c1)CC(C)c1ccc(C)c3c1N1C(=N[C@]4(C)c5ccc(C(C)(C)C)cc5-c5cc(C(C)(C)C)ccc5[C@]14CC3C)c1[c-]c(Oc3[c-]c4c(cc3C)C(C)(C)c3cc(C(C)(C)C)cc5c6c(C)ccnc6n-4c35)cc-2c1.[Pt+2]. The number of aliphatic imine (C=N–C) groups is 1. The summed E-state index contributed by atoms with van der Waals surface area (Å²) in [5.74, 6) is 2.69. The molecule has 0 radical (unpaired) electrons. The fraction of sp³-hybridized carbons (Fsp3) is 0.377. The summed E-state index contributed by atoms with van der Waals surface area (Å²) in [5, 5.41) is 2.43. The largest absolute Gasteiger partial charge is 2.00 e. The van der Waals surface area contributed by atoms with Crippen LogP contribution in [0.25, 0.3) is 49.9 Å². The molecule has 83 heavy (non-hydrogen) atoms. The molecule has 5 aliphatic rings. The fourth-order valence-corrected chi connectivity index (χ4v) is 16.0. The third-order valence-corrected chi connectivity index (χ3v) is 20.3. The van der Waals surface area contributed by atoms with Crippen molar-refractivity contribution >= 4 is 33.5 Å². The van der Waals surface area contributed by atoms with Crippen molar-refractivity contribution in [1.29, 1.82) is 0 Å². The zero-order valence-electron chi connectivity index (χ0n) is 52.4. The number of aryl methyl sites for hydroxylation is 5. The molecule has 6 heterocycles. The molecule has 4 atom stereocenters. The number of pyridine rings is 1. The minimum Gasteiger partial charge on any atom is -0.503 e. The maximum atomic E-state index is 7.50. The zero-order chi connectivity index (χ0) is 58.0. The van der Waals surface area contributed by atoms with Crippen molar-refractivity contribution in [3.8, 4) is 39.4 Å². The van der Waals surface area contributed by atoms with Crippen LogP contribution in [0.2, 0.25) is 0 Å². The van der Waals surface area contributed by atoms with Gasteiger partial charge in [-0.05, 0) is 177 Å². The van der Waals surface area contributed by atoms with Crippen molar-refractivity contribution in [2.24, 2.45) is 4.99 Å². The Morgan fingerprint density at radius 3 is 1.99 bits per heavy atom. The number of hydrogen-bond donors (Lipinski definition) is 0. The maximum Gasteiger partial charge on any atom is 2.00 e. The second-order valence-corrected chi connectivity index (χ2v) is 29.5. The molecule has 0 amide bonds. The number of aromatic nitrogens is 2. The Bertz CT molecular complexity index is 4350. The third kappa shape index (κ3) is 7.73. The van der Waals surface area contributed by atoms with E-state index in [0.717, 1.165) is 46.7 Å². The first-order valence-corrected chi connectivity index (χ1v) is 30.2. The average Bonchev–Trinajstić information content (AvgIpc) is 1.78. The Morgan fingerprint density at radius 2 is 1.30 bits per heavy atom. The van der Waals surface area contributed by atoms with Gasteiger partial charge >= 0.3 is 21.1 Å². The first kappa shape index (κ1) is 55.6. The molecule has 2 unspecified atom stereocenters. The van der Waals surface area contributed by atoms with E-state index in [-0.39, 0.29) is 54.6 Å². The van der Waals surface area contributed by atoms with E-state index in [9.17, 15) is 0 Å². The monoisotopic (exact) mass is 1270 g/mol. The van der Waals surface area contributed by atoms with E-state index >= 15 is 0 Å². The molecule has 0 saturated heterocycles. The van der Waals surface area contributed by atoms with Crippen LogP contribution in [0.15, 0.2) is 108 Å². The van der Waals surface area contributed by atoms with Gasteiger partial charge in [0, 0.05) is 34.2 Å². The van der Waals surface area contributed by atoms with Crippen molar-refractivity contribution in [2.75, 3.05) is 4.90 Å². The van der Waals surface area contributed by atoms with Crippen LogP contribution in [-0.2, 0) is 60.2 Å². The summed E-state index contributed by atoms with van der Waals surface area (Å²) in [6.07, 6.45) is 3.72. The van der Waals surface area contributed by atoms with Gasteiger partial charge in [0.1, 0.15) is 11.2 Å². The third-order valence-electron chi connectivity index (χ3n) is 20.3. The fourth-order valence-electron chi connectivity index (χ4n) is 16.0. The Hall–Kier alpha value is -6.55. The molecule has 2 aromatic heterocycles. The molecule has 0 saturated carbocycles. The number of benzene rings is 7. The van der Waals surface area contributed by atoms with Crippen LogP contribution >= 0.6 is 0 Å². The van der Waals surface area contributed by atoms with Gasteiger partial charge in [0.05, 0.1) is 16.9 Å². The summed E-state index contributed by atoms with van der Waals surface area (Å²) in [5.41, 5.74) is 28.0. The van der Waals surface area contributed by atoms with E-state index in [1.165, 1.54) is 117 Å². The number of hydrogen-bond acceptors (Lipinski definition) is 4. The topological polar surface area (TPSA) is 42.6 Å². The quantitative estimate of drug-likeness (QED) is 0.162. The van der Waals surface area contributed by atoms with E-state index in [2.05, 4.69) is 250 Å². The molecule has 2 bridgehead atoms. The number of fused-ring (bicyclic) bond motifs is 14. The van der Waals surface area contributed by atoms with E-state index in [1.54, 1.807) is 0 Å². The Kier molecular flexibility index (Phi) is 12.1. The molecule has 9 aromatic rings. The van der Waals surface area contributed by atoms with E-state index in [1.807, 2.05) is 6.20 Å². The Balaban J connectivity index is 0.00000645. The molecular weight excluding hydrogens is 1190 g/mol. The van der Waals surface area contributed by atoms with Crippen LogP contribution in [-0.4, -0.2) is 15.4 Å². The number of nitrogens with zero attached hydrogens (tertiary/aromatic N) is 4. The van der Waals surface area contributed by atoms with Gasteiger partial charge in [-0.2, -0.15) is 6.07 Å². The summed E-state index contributed by atoms with van der Waals surface area (Å²) in [7, 11) is 0. The van der Waals surface area contributed by atoms with Crippen LogP contribution in [0.3, 0.4) is 0 Å². The van der Waals surface area contributed by atoms with E-state index < -0.39 is 11.1 Å². The Labute approximate surface area is 508 Å². The zero-order valence-corrected chi connectivity index (χ0v) is 54.7. The molecule has 14 rings (SSSR count). The smallest absolute Gasteiger partial charge is 0.503 e. The first-order valence-electron chi connectivity index (χ1n) is 30.2. The van der Waals surface area contributed by atoms with E-state index in [0.29, 0.717) is 11.5 Å². The standard InChI is InChI=1S/C77H80N4O.Pt/c1-41-28-46(6)66-48(29-41)30-44(4)55-23-20-42(2)65-47(7)40-77-60-25-22-52(73(11,12)13)36-57(60)56-35-51(72(8,9)10)21-24-59(56)76(77,19)79-70(81(77)69(55)65)50-32-49(66)33-54(34-50)82-64-39-63-61(31-45(64)5)75(17,18)62-38-53(74(14,15)16)37-58-67-43(3)26-27-78-71(67)80(63)68(58)62;/h20-29,31-33,35-38,44,47H,30,40H2,1-19H3;/q-2;+2/t44?,47?,76-,77+;/m1./s1. The number of anilines is 1. The molecular formula is C77H80N4OPt. The van der Waals surface area contributed by atoms with Gasteiger partial charge in [0.2, 0.25) is 0 Å². The van der Waals surface area contributed by atoms with Crippen LogP contribution in [0.1, 0.15) is 204 Å². The number of amidine groups is 1. The average molecular weight is 1270 g/mol. The predicted molar refractivity (Wildman–Crippen MR) is 342 cm³/mol. The normalized spacial score (nSPS) is 20.8. The van der Waals surface area contributed by atoms with Gasteiger partial charge in [-0.15, -0.1) is 28.8 Å². The summed E-state index contributed by atoms with van der Waals surface area (Å²) >= 11 is 0. The molecule has 4 aliphatic heterocycles. The minimum absolute atomic E-state index is 0. The molecule has 0 fully saturated rings. The molecule has 1 aliphatic carbocycles. The molecule has 0 N–H and O–H groups in total. The molecule has 7 aromatic carbocycles. The van der Waals surface area contributed by atoms with E-state index in [4.69, 9.17) is 14.7 Å². The van der Waals surface area contributed by atoms with Crippen molar-refractivity contribution in [3.63, 3.8) is 0 Å². The molecule has 6 heteroatoms. The van der Waals surface area contributed by atoms with Crippen molar-refractivity contribution in [2.45, 2.75) is 189 Å². The summed E-state index contributed by atoms with van der Waals surface area (Å²) in [4.78, 5) is 14.3. The van der Waals surface area contributed by atoms with Gasteiger partial charge in [0.25, 0.3) is 0 Å². The van der Waals surface area contributed by atoms with Crippen LogP contribution in [0.5, 0.6) is 11.5 Å².